The molecule has 0 radical (unpaired) electrons. The van der Waals surface area contributed by atoms with E-state index in [9.17, 15) is 4.79 Å². The van der Waals surface area contributed by atoms with Gasteiger partial charge in [-0.15, -0.1) is 0 Å². The molecule has 2 aromatic heterocycles. The average molecular weight is 447 g/mol. The first-order valence-electron chi connectivity index (χ1n) is 10.9. The number of halogens is 2. The van der Waals surface area contributed by atoms with Crippen LogP contribution in [0.15, 0.2) is 42.6 Å². The van der Waals surface area contributed by atoms with Crippen LogP contribution < -0.4 is 10.6 Å². The maximum atomic E-state index is 15.5. The SMILES string of the molecule is CNC(=O)c1ccc(-c2n[nH]c3cnc(-c4c(F)cc5c(c4F)CCCC5NC)cc23)cc1. The van der Waals surface area contributed by atoms with Gasteiger partial charge in [-0.25, -0.2) is 8.78 Å². The number of pyridine rings is 1. The summed E-state index contributed by atoms with van der Waals surface area (Å²) in [5.41, 5.74) is 3.91. The first-order valence-corrected chi connectivity index (χ1v) is 10.9. The van der Waals surface area contributed by atoms with Crippen LogP contribution in [0.3, 0.4) is 0 Å². The van der Waals surface area contributed by atoms with Gasteiger partial charge in [0.2, 0.25) is 0 Å². The summed E-state index contributed by atoms with van der Waals surface area (Å²) in [5.74, 6) is -1.35. The van der Waals surface area contributed by atoms with Crippen molar-refractivity contribution in [1.82, 2.24) is 25.8 Å². The Kier molecular flexibility index (Phi) is 5.38. The van der Waals surface area contributed by atoms with Gasteiger partial charge in [0.05, 0.1) is 23.0 Å². The third-order valence-corrected chi connectivity index (χ3v) is 6.35. The Bertz CT molecular complexity index is 1360. The number of rotatable bonds is 4. The van der Waals surface area contributed by atoms with Gasteiger partial charge in [0.25, 0.3) is 5.91 Å². The van der Waals surface area contributed by atoms with Crippen molar-refractivity contribution in [3.05, 3.63) is 70.9 Å². The molecule has 0 saturated heterocycles. The number of benzene rings is 2. The smallest absolute Gasteiger partial charge is 0.251 e. The molecule has 0 bridgehead atoms. The number of amides is 1. The number of nitrogens with zero attached hydrogens (tertiary/aromatic N) is 2. The van der Waals surface area contributed by atoms with E-state index in [0.717, 1.165) is 18.4 Å². The fourth-order valence-electron chi connectivity index (χ4n) is 4.61. The molecular weight excluding hydrogens is 424 g/mol. The molecule has 2 aromatic carbocycles. The van der Waals surface area contributed by atoms with Crippen molar-refractivity contribution in [2.45, 2.75) is 25.3 Å². The minimum atomic E-state index is -0.625. The summed E-state index contributed by atoms with van der Waals surface area (Å²) in [4.78, 5) is 16.1. The molecule has 168 valence electrons. The van der Waals surface area contributed by atoms with Crippen molar-refractivity contribution in [2.75, 3.05) is 14.1 Å². The van der Waals surface area contributed by atoms with Crippen molar-refractivity contribution < 1.29 is 13.6 Å². The zero-order valence-electron chi connectivity index (χ0n) is 18.3. The molecule has 0 saturated carbocycles. The summed E-state index contributed by atoms with van der Waals surface area (Å²) in [6.07, 6.45) is 3.80. The highest BCUT2D eigenvalue weighted by Crippen LogP contribution is 2.38. The van der Waals surface area contributed by atoms with E-state index in [1.807, 2.05) is 0 Å². The first-order chi connectivity index (χ1) is 16.0. The van der Waals surface area contributed by atoms with E-state index in [4.69, 9.17) is 0 Å². The first kappa shape index (κ1) is 21.2. The van der Waals surface area contributed by atoms with Crippen LogP contribution in [0, 0.1) is 11.6 Å². The van der Waals surface area contributed by atoms with Crippen LogP contribution in [0.2, 0.25) is 0 Å². The van der Waals surface area contributed by atoms with Crippen molar-refractivity contribution in [3.8, 4) is 22.5 Å². The van der Waals surface area contributed by atoms with Gasteiger partial charge in [0.1, 0.15) is 17.3 Å². The van der Waals surface area contributed by atoms with E-state index in [2.05, 4.69) is 25.8 Å². The molecule has 1 aliphatic rings. The zero-order chi connectivity index (χ0) is 23.1. The lowest BCUT2D eigenvalue weighted by Gasteiger charge is -2.26. The Labute approximate surface area is 189 Å². The topological polar surface area (TPSA) is 82.7 Å². The maximum Gasteiger partial charge on any atom is 0.251 e. The van der Waals surface area contributed by atoms with E-state index in [1.165, 1.54) is 12.3 Å². The number of hydrogen-bond acceptors (Lipinski definition) is 4. The number of nitrogens with one attached hydrogen (secondary N) is 3. The summed E-state index contributed by atoms with van der Waals surface area (Å²) in [7, 11) is 3.38. The molecule has 1 atom stereocenters. The van der Waals surface area contributed by atoms with Gasteiger partial charge in [-0.2, -0.15) is 5.10 Å². The predicted molar refractivity (Wildman–Crippen MR) is 123 cm³/mol. The van der Waals surface area contributed by atoms with Gasteiger partial charge < -0.3 is 10.6 Å². The summed E-state index contributed by atoms with van der Waals surface area (Å²) >= 11 is 0. The van der Waals surface area contributed by atoms with Crippen molar-refractivity contribution >= 4 is 16.8 Å². The average Bonchev–Trinajstić information content (AvgIpc) is 3.27. The highest BCUT2D eigenvalue weighted by atomic mass is 19.1. The van der Waals surface area contributed by atoms with E-state index >= 15 is 8.78 Å². The Hall–Kier alpha value is -3.65. The normalized spacial score (nSPS) is 15.5. The second-order valence-corrected chi connectivity index (χ2v) is 8.19. The second kappa shape index (κ2) is 8.37. The largest absolute Gasteiger partial charge is 0.355 e. The van der Waals surface area contributed by atoms with Gasteiger partial charge in [0, 0.05) is 29.6 Å². The molecule has 33 heavy (non-hydrogen) atoms. The molecule has 0 aliphatic heterocycles. The van der Waals surface area contributed by atoms with Gasteiger partial charge in [0.15, 0.2) is 0 Å². The highest BCUT2D eigenvalue weighted by molar-refractivity contribution is 5.97. The second-order valence-electron chi connectivity index (χ2n) is 8.19. The van der Waals surface area contributed by atoms with Crippen molar-refractivity contribution in [3.63, 3.8) is 0 Å². The van der Waals surface area contributed by atoms with Gasteiger partial charge in [-0.3, -0.25) is 14.9 Å². The third-order valence-electron chi connectivity index (χ3n) is 6.35. The molecule has 1 aliphatic carbocycles. The number of aromatic nitrogens is 3. The van der Waals surface area contributed by atoms with E-state index in [0.29, 0.717) is 39.7 Å². The van der Waals surface area contributed by atoms with Crippen molar-refractivity contribution in [1.29, 1.82) is 0 Å². The minimum Gasteiger partial charge on any atom is -0.355 e. The molecule has 4 aromatic rings. The lowest BCUT2D eigenvalue weighted by atomic mass is 9.85. The Morgan fingerprint density at radius 1 is 1.15 bits per heavy atom. The quantitative estimate of drug-likeness (QED) is 0.429. The molecule has 0 fully saturated rings. The number of carbonyl (C=O) groups is 1. The lowest BCUT2D eigenvalue weighted by Crippen LogP contribution is -2.23. The molecule has 1 amide bonds. The molecule has 8 heteroatoms. The Morgan fingerprint density at radius 2 is 1.94 bits per heavy atom. The molecule has 3 N–H and O–H groups in total. The van der Waals surface area contributed by atoms with Crippen molar-refractivity contribution in [2.24, 2.45) is 0 Å². The monoisotopic (exact) mass is 447 g/mol. The van der Waals surface area contributed by atoms with Crippen LogP contribution in [-0.2, 0) is 6.42 Å². The molecule has 0 spiro atoms. The molecule has 1 unspecified atom stereocenters. The van der Waals surface area contributed by atoms with E-state index in [1.54, 1.807) is 44.4 Å². The maximum absolute atomic E-state index is 15.5. The van der Waals surface area contributed by atoms with Crippen LogP contribution in [0.4, 0.5) is 8.78 Å². The highest BCUT2D eigenvalue weighted by Gasteiger charge is 2.27. The summed E-state index contributed by atoms with van der Waals surface area (Å²) in [5, 5.41) is 13.7. The number of H-pyrrole nitrogens is 1. The molecular formula is C25H23F2N5O. The number of fused-ring (bicyclic) bond motifs is 2. The van der Waals surface area contributed by atoms with Crippen LogP contribution in [0.1, 0.15) is 40.4 Å². The fourth-order valence-corrected chi connectivity index (χ4v) is 4.61. The van der Waals surface area contributed by atoms with Crippen LogP contribution in [0.5, 0.6) is 0 Å². The summed E-state index contributed by atoms with van der Waals surface area (Å²) in [6, 6.07) is 10.0. The third kappa shape index (κ3) is 3.56. The summed E-state index contributed by atoms with van der Waals surface area (Å²) < 4.78 is 30.7. The molecule has 6 nitrogen and oxygen atoms in total. The Morgan fingerprint density at radius 3 is 2.67 bits per heavy atom. The number of hydrogen-bond donors (Lipinski definition) is 3. The van der Waals surface area contributed by atoms with E-state index < -0.39 is 11.6 Å². The number of carbonyl (C=O) groups excluding carboxylic acids is 1. The number of aromatic amines is 1. The molecule has 2 heterocycles. The zero-order valence-corrected chi connectivity index (χ0v) is 18.3. The lowest BCUT2D eigenvalue weighted by molar-refractivity contribution is 0.0963. The van der Waals surface area contributed by atoms with Crippen LogP contribution in [0.25, 0.3) is 33.4 Å². The van der Waals surface area contributed by atoms with Gasteiger partial charge >= 0.3 is 0 Å². The standard InChI is InChI=1S/C25H23F2N5O/c1-28-19-5-3-4-15-16(19)10-18(26)22(23(15)27)20-11-17-21(12-30-20)31-32-24(17)13-6-8-14(9-7-13)25(33)29-2/h6-12,19,28H,3-5H2,1-2H3,(H,29,33)(H,31,32). The van der Waals surface area contributed by atoms with Gasteiger partial charge in [-0.1, -0.05) is 12.1 Å². The predicted octanol–water partition coefficient (Wildman–Crippen LogP) is 4.53. The van der Waals surface area contributed by atoms with Crippen LogP contribution in [-0.4, -0.2) is 35.2 Å². The van der Waals surface area contributed by atoms with Crippen LogP contribution >= 0.6 is 0 Å². The van der Waals surface area contributed by atoms with Gasteiger partial charge in [-0.05, 0) is 61.7 Å². The fraction of sp³-hybridized carbons (Fsp3) is 0.240. The Balaban J connectivity index is 1.61. The summed E-state index contributed by atoms with van der Waals surface area (Å²) in [6.45, 7) is 0. The molecule has 5 rings (SSSR count). The minimum absolute atomic E-state index is 0.0551. The van der Waals surface area contributed by atoms with E-state index in [-0.39, 0.29) is 23.2 Å².